The van der Waals surface area contributed by atoms with Gasteiger partial charge in [-0.05, 0) is 43.8 Å². The zero-order valence-corrected chi connectivity index (χ0v) is 17.9. The van der Waals surface area contributed by atoms with E-state index in [1.54, 1.807) is 12.1 Å². The molecule has 31 heavy (non-hydrogen) atoms. The monoisotopic (exact) mass is 424 g/mol. The zero-order chi connectivity index (χ0) is 21.8. The lowest BCUT2D eigenvalue weighted by atomic mass is 10.0. The number of amides is 2. The first kappa shape index (κ1) is 21.1. The summed E-state index contributed by atoms with van der Waals surface area (Å²) < 4.78 is 11.0. The van der Waals surface area contributed by atoms with E-state index in [1.807, 2.05) is 37.3 Å². The summed E-state index contributed by atoms with van der Waals surface area (Å²) >= 11 is 0. The molecule has 0 saturated carbocycles. The van der Waals surface area contributed by atoms with Crippen LogP contribution in [0.1, 0.15) is 17.2 Å². The molecule has 0 aromatic heterocycles. The van der Waals surface area contributed by atoms with Crippen molar-refractivity contribution < 1.29 is 19.1 Å². The first-order valence-electron chi connectivity index (χ1n) is 10.5. The molecule has 0 radical (unpaired) electrons. The fraction of sp³-hybridized carbons (Fsp3) is 0.391. The molecule has 1 saturated heterocycles. The molecule has 2 N–H and O–H groups in total. The number of hydrogen-bond donors (Lipinski definition) is 2. The summed E-state index contributed by atoms with van der Waals surface area (Å²) in [4.78, 5) is 29.4. The van der Waals surface area contributed by atoms with Gasteiger partial charge in [-0.25, -0.2) is 0 Å². The van der Waals surface area contributed by atoms with Crippen molar-refractivity contribution in [2.24, 2.45) is 0 Å². The van der Waals surface area contributed by atoms with Crippen molar-refractivity contribution in [3.8, 4) is 11.5 Å². The van der Waals surface area contributed by atoms with Crippen molar-refractivity contribution in [1.29, 1.82) is 0 Å². The van der Waals surface area contributed by atoms with E-state index in [4.69, 9.17) is 9.47 Å². The van der Waals surface area contributed by atoms with Gasteiger partial charge >= 0.3 is 11.8 Å². The molecule has 0 spiro atoms. The molecule has 2 aromatic carbocycles. The average Bonchev–Trinajstić information content (AvgIpc) is 3.24. The number of anilines is 1. The molecule has 0 bridgehead atoms. The fourth-order valence-electron chi connectivity index (χ4n) is 3.81. The molecular formula is C23H28N4O4. The maximum atomic E-state index is 12.5. The Labute approximate surface area is 182 Å². The normalized spacial score (nSPS) is 17.2. The molecule has 8 heteroatoms. The summed E-state index contributed by atoms with van der Waals surface area (Å²) in [6.45, 7) is 6.15. The van der Waals surface area contributed by atoms with E-state index < -0.39 is 11.8 Å². The maximum Gasteiger partial charge on any atom is 0.313 e. The predicted molar refractivity (Wildman–Crippen MR) is 117 cm³/mol. The Morgan fingerprint density at radius 1 is 0.968 bits per heavy atom. The number of benzene rings is 2. The Kier molecular flexibility index (Phi) is 6.39. The molecule has 2 heterocycles. The Bertz CT molecular complexity index is 939. The third kappa shape index (κ3) is 5.15. The van der Waals surface area contributed by atoms with E-state index in [2.05, 4.69) is 27.5 Å². The van der Waals surface area contributed by atoms with Gasteiger partial charge in [-0.2, -0.15) is 0 Å². The number of carbonyl (C=O) groups is 2. The van der Waals surface area contributed by atoms with Crippen LogP contribution in [0.4, 0.5) is 5.69 Å². The molecule has 2 aromatic rings. The third-order valence-electron chi connectivity index (χ3n) is 5.73. The van der Waals surface area contributed by atoms with Crippen LogP contribution in [0.3, 0.4) is 0 Å². The number of aryl methyl sites for hydroxylation is 1. The van der Waals surface area contributed by atoms with Gasteiger partial charge in [0.05, 0.1) is 6.04 Å². The van der Waals surface area contributed by atoms with Crippen LogP contribution in [0.2, 0.25) is 0 Å². The second kappa shape index (κ2) is 9.36. The van der Waals surface area contributed by atoms with Crippen molar-refractivity contribution in [3.05, 3.63) is 53.6 Å². The number of rotatable bonds is 5. The second-order valence-electron chi connectivity index (χ2n) is 8.00. The van der Waals surface area contributed by atoms with Gasteiger partial charge in [0.15, 0.2) is 11.5 Å². The van der Waals surface area contributed by atoms with Crippen molar-refractivity contribution in [2.75, 3.05) is 51.9 Å². The molecule has 0 aliphatic carbocycles. The molecule has 2 amide bonds. The number of carbonyl (C=O) groups excluding carboxylic acids is 2. The minimum Gasteiger partial charge on any atom is -0.454 e. The Hall–Kier alpha value is -3.10. The summed E-state index contributed by atoms with van der Waals surface area (Å²) in [5.41, 5.74) is 2.70. The number of ether oxygens (including phenoxy) is 2. The van der Waals surface area contributed by atoms with Crippen LogP contribution < -0.4 is 20.1 Å². The number of piperazine rings is 1. The molecule has 2 aliphatic heterocycles. The minimum absolute atomic E-state index is 0.0701. The average molecular weight is 425 g/mol. The molecule has 2 aliphatic rings. The first-order valence-corrected chi connectivity index (χ1v) is 10.5. The van der Waals surface area contributed by atoms with Gasteiger partial charge in [0.25, 0.3) is 0 Å². The molecule has 8 nitrogen and oxygen atoms in total. The van der Waals surface area contributed by atoms with Gasteiger partial charge in [-0.3, -0.25) is 14.5 Å². The SMILES string of the molecule is Cc1ccc(NC(=O)C(=O)NCC(c2ccc3c(c2)OCO3)N2CCN(C)CC2)cc1. The van der Waals surface area contributed by atoms with E-state index in [1.165, 1.54) is 0 Å². The molecule has 1 fully saturated rings. The van der Waals surface area contributed by atoms with Crippen molar-refractivity contribution in [2.45, 2.75) is 13.0 Å². The van der Waals surface area contributed by atoms with Gasteiger partial charge < -0.3 is 25.0 Å². The molecule has 1 atom stereocenters. The number of likely N-dealkylation sites (N-methyl/N-ethyl adjacent to an activating group) is 1. The van der Waals surface area contributed by atoms with Crippen LogP contribution >= 0.6 is 0 Å². The van der Waals surface area contributed by atoms with Gasteiger partial charge in [0, 0.05) is 38.4 Å². The van der Waals surface area contributed by atoms with E-state index in [0.29, 0.717) is 18.0 Å². The number of nitrogens with one attached hydrogen (secondary N) is 2. The third-order valence-corrected chi connectivity index (χ3v) is 5.73. The van der Waals surface area contributed by atoms with Crippen LogP contribution in [0.25, 0.3) is 0 Å². The Balaban J connectivity index is 1.43. The van der Waals surface area contributed by atoms with Crippen molar-refractivity contribution >= 4 is 17.5 Å². The van der Waals surface area contributed by atoms with Crippen LogP contribution in [0.15, 0.2) is 42.5 Å². The lowest BCUT2D eigenvalue weighted by molar-refractivity contribution is -0.136. The Morgan fingerprint density at radius 3 is 2.42 bits per heavy atom. The predicted octanol–water partition coefficient (Wildman–Crippen LogP) is 1.77. The molecule has 164 valence electrons. The van der Waals surface area contributed by atoms with Crippen LogP contribution in [-0.4, -0.2) is 68.2 Å². The number of fused-ring (bicyclic) bond motifs is 1. The summed E-state index contributed by atoms with van der Waals surface area (Å²) in [6, 6.07) is 13.1. The quantitative estimate of drug-likeness (QED) is 0.712. The summed E-state index contributed by atoms with van der Waals surface area (Å²) in [6.07, 6.45) is 0. The molecule has 4 rings (SSSR count). The van der Waals surface area contributed by atoms with Gasteiger partial charge in [-0.1, -0.05) is 23.8 Å². The van der Waals surface area contributed by atoms with Crippen molar-refractivity contribution in [1.82, 2.24) is 15.1 Å². The minimum atomic E-state index is -0.674. The zero-order valence-electron chi connectivity index (χ0n) is 17.9. The van der Waals surface area contributed by atoms with E-state index in [-0.39, 0.29) is 12.8 Å². The highest BCUT2D eigenvalue weighted by Gasteiger charge is 2.27. The van der Waals surface area contributed by atoms with Crippen molar-refractivity contribution in [3.63, 3.8) is 0 Å². The highest BCUT2D eigenvalue weighted by atomic mass is 16.7. The summed E-state index contributed by atoms with van der Waals surface area (Å²) in [7, 11) is 2.10. The highest BCUT2D eigenvalue weighted by molar-refractivity contribution is 6.39. The number of nitrogens with zero attached hydrogens (tertiary/aromatic N) is 2. The second-order valence-corrected chi connectivity index (χ2v) is 8.00. The Morgan fingerprint density at radius 2 is 1.68 bits per heavy atom. The standard InChI is InChI=1S/C23H28N4O4/c1-16-3-6-18(7-4-16)25-23(29)22(28)24-14-19(27-11-9-26(2)10-12-27)17-5-8-20-21(13-17)31-15-30-20/h3-8,13,19H,9-12,14-15H2,1-2H3,(H,24,28)(H,25,29). The summed E-state index contributed by atoms with van der Waals surface area (Å²) in [5, 5.41) is 5.45. The maximum absolute atomic E-state index is 12.5. The fourth-order valence-corrected chi connectivity index (χ4v) is 3.81. The van der Waals surface area contributed by atoms with Gasteiger partial charge in [0.1, 0.15) is 0 Å². The topological polar surface area (TPSA) is 83.1 Å². The highest BCUT2D eigenvalue weighted by Crippen LogP contribution is 2.35. The van der Waals surface area contributed by atoms with Gasteiger partial charge in [0.2, 0.25) is 6.79 Å². The number of hydrogen-bond acceptors (Lipinski definition) is 6. The van der Waals surface area contributed by atoms with Crippen LogP contribution in [0, 0.1) is 6.92 Å². The van der Waals surface area contributed by atoms with Crippen LogP contribution in [0.5, 0.6) is 11.5 Å². The summed E-state index contributed by atoms with van der Waals surface area (Å²) in [5.74, 6) is 0.106. The smallest absolute Gasteiger partial charge is 0.313 e. The lowest BCUT2D eigenvalue weighted by Gasteiger charge is -2.38. The van der Waals surface area contributed by atoms with E-state index in [0.717, 1.165) is 43.1 Å². The van der Waals surface area contributed by atoms with Gasteiger partial charge in [-0.15, -0.1) is 0 Å². The van der Waals surface area contributed by atoms with E-state index in [9.17, 15) is 9.59 Å². The largest absolute Gasteiger partial charge is 0.454 e. The molecule has 1 unspecified atom stereocenters. The first-order chi connectivity index (χ1) is 15.0. The molecular weight excluding hydrogens is 396 g/mol. The lowest BCUT2D eigenvalue weighted by Crippen LogP contribution is -2.49. The van der Waals surface area contributed by atoms with Crippen LogP contribution in [-0.2, 0) is 9.59 Å². The van der Waals surface area contributed by atoms with E-state index >= 15 is 0 Å².